The topological polar surface area (TPSA) is 6.48 Å². The summed E-state index contributed by atoms with van der Waals surface area (Å²) in [5, 5.41) is 0. The highest BCUT2D eigenvalue weighted by Crippen LogP contribution is 2.33. The molecule has 2 aliphatic heterocycles. The van der Waals surface area contributed by atoms with E-state index in [-0.39, 0.29) is 0 Å². The van der Waals surface area contributed by atoms with Crippen molar-refractivity contribution in [3.63, 3.8) is 0 Å². The van der Waals surface area contributed by atoms with Crippen LogP contribution in [0.4, 0.5) is 0 Å². The molecule has 0 saturated carbocycles. The van der Waals surface area contributed by atoms with Crippen LogP contribution in [0.25, 0.3) is 0 Å². The summed E-state index contributed by atoms with van der Waals surface area (Å²) >= 11 is 9.77. The molecular weight excluding hydrogens is 470 g/mol. The van der Waals surface area contributed by atoms with E-state index in [4.69, 9.17) is 0 Å². The second-order valence-electron chi connectivity index (χ2n) is 3.71. The predicted molar refractivity (Wildman–Crippen MR) is 91.6 cm³/mol. The first kappa shape index (κ1) is 13.7. The van der Waals surface area contributed by atoms with Crippen LogP contribution < -0.4 is 0 Å². The number of thioether (sulfide) groups is 2. The van der Waals surface area contributed by atoms with Gasteiger partial charge in [-0.25, -0.2) is 0 Å². The first-order valence-electron chi connectivity index (χ1n) is 5.24. The molecular formula is C8H16I2N2S2Si. The van der Waals surface area contributed by atoms with Gasteiger partial charge in [-0.05, 0) is 0 Å². The van der Waals surface area contributed by atoms with Crippen LogP contribution in [0.15, 0.2) is 0 Å². The number of hydrogen-bond donors (Lipinski definition) is 0. The van der Waals surface area contributed by atoms with Gasteiger partial charge in [0.1, 0.15) is 0 Å². The Morgan fingerprint density at radius 2 is 1.07 bits per heavy atom. The van der Waals surface area contributed by atoms with E-state index in [0.717, 1.165) is 0 Å². The highest BCUT2D eigenvalue weighted by molar-refractivity contribution is 14.3. The lowest BCUT2D eigenvalue weighted by atomic mass is 10.6. The Bertz CT molecular complexity index is 189. The van der Waals surface area contributed by atoms with Crippen molar-refractivity contribution in [3.8, 4) is 0 Å². The van der Waals surface area contributed by atoms with Gasteiger partial charge in [-0.2, -0.15) is 23.5 Å². The van der Waals surface area contributed by atoms with Crippen molar-refractivity contribution in [2.24, 2.45) is 0 Å². The highest BCUT2D eigenvalue weighted by Gasteiger charge is 2.42. The summed E-state index contributed by atoms with van der Waals surface area (Å²) in [6.45, 7) is 5.25. The molecule has 0 atom stereocenters. The molecule has 2 nitrogen and oxygen atoms in total. The van der Waals surface area contributed by atoms with Crippen LogP contribution in [-0.4, -0.2) is 61.7 Å². The Morgan fingerprint density at radius 1 is 0.733 bits per heavy atom. The molecule has 15 heavy (non-hydrogen) atoms. The molecule has 2 aliphatic rings. The largest absolute Gasteiger partial charge is 0.343 e. The molecule has 0 bridgehead atoms. The molecule has 0 N–H and O–H groups in total. The van der Waals surface area contributed by atoms with Gasteiger partial charge in [-0.3, -0.25) is 9.13 Å². The number of halogens is 2. The monoisotopic (exact) mass is 486 g/mol. The minimum Gasteiger partial charge on any atom is -0.294 e. The van der Waals surface area contributed by atoms with Crippen LogP contribution in [0.2, 0.25) is 0 Å². The van der Waals surface area contributed by atoms with Crippen LogP contribution >= 0.6 is 67.1 Å². The maximum Gasteiger partial charge on any atom is 0.343 e. The van der Waals surface area contributed by atoms with Crippen molar-refractivity contribution < 1.29 is 0 Å². The number of hydrogen-bond acceptors (Lipinski definition) is 4. The molecule has 2 heterocycles. The van der Waals surface area contributed by atoms with Crippen molar-refractivity contribution in [1.82, 2.24) is 9.13 Å². The summed E-state index contributed by atoms with van der Waals surface area (Å²) < 4.78 is 4.24. The van der Waals surface area contributed by atoms with Crippen LogP contribution in [0.5, 0.6) is 0 Å². The van der Waals surface area contributed by atoms with Crippen LogP contribution in [0, 0.1) is 0 Å². The van der Waals surface area contributed by atoms with Gasteiger partial charge in [0, 0.05) is 49.2 Å². The van der Waals surface area contributed by atoms with Crippen LogP contribution in [-0.2, 0) is 0 Å². The fraction of sp³-hybridized carbons (Fsp3) is 1.00. The van der Waals surface area contributed by atoms with Gasteiger partial charge < -0.3 is 0 Å². The summed E-state index contributed by atoms with van der Waals surface area (Å²) in [5.74, 6) is 5.35. The molecule has 2 rings (SSSR count). The fourth-order valence-corrected chi connectivity index (χ4v) is 12.0. The van der Waals surface area contributed by atoms with Crippen molar-refractivity contribution in [2.75, 3.05) is 49.2 Å². The molecule has 0 unspecified atom stereocenters. The Balaban J connectivity index is 1.96. The lowest BCUT2D eigenvalue weighted by molar-refractivity contribution is 0.393. The molecule has 7 heteroatoms. The summed E-state index contributed by atoms with van der Waals surface area (Å²) in [7, 11) is 0. The highest BCUT2D eigenvalue weighted by atomic mass is 127. The van der Waals surface area contributed by atoms with Gasteiger partial charge in [-0.1, -0.05) is 43.6 Å². The van der Waals surface area contributed by atoms with Gasteiger partial charge in [0.25, 0.3) is 0 Å². The van der Waals surface area contributed by atoms with E-state index in [9.17, 15) is 0 Å². The van der Waals surface area contributed by atoms with E-state index in [1.165, 1.54) is 49.2 Å². The Hall–Kier alpha value is 2.30. The summed E-state index contributed by atoms with van der Waals surface area (Å²) in [5.41, 5.74) is 0. The Kier molecular flexibility index (Phi) is 5.91. The zero-order valence-corrected chi connectivity index (χ0v) is 15.6. The normalized spacial score (nSPS) is 26.8. The third kappa shape index (κ3) is 3.63. The first-order valence-corrected chi connectivity index (χ1v) is 15.7. The van der Waals surface area contributed by atoms with Crippen LogP contribution in [0.3, 0.4) is 0 Å². The van der Waals surface area contributed by atoms with Crippen molar-refractivity contribution in [1.29, 1.82) is 0 Å². The summed E-state index contributed by atoms with van der Waals surface area (Å²) in [6, 6.07) is 0. The minimum absolute atomic E-state index is 1.31. The van der Waals surface area contributed by atoms with E-state index < -0.39 is 3.39 Å². The van der Waals surface area contributed by atoms with Crippen LogP contribution in [0.1, 0.15) is 0 Å². The number of rotatable bonds is 2. The molecule has 2 fully saturated rings. The van der Waals surface area contributed by atoms with Gasteiger partial charge in [0.05, 0.1) is 0 Å². The molecule has 0 aromatic rings. The average Bonchev–Trinajstić information content (AvgIpc) is 2.31. The third-order valence-electron chi connectivity index (χ3n) is 2.78. The molecule has 0 amide bonds. The van der Waals surface area contributed by atoms with Gasteiger partial charge >= 0.3 is 3.39 Å². The standard InChI is InChI=1S/C8H16I2N2S2Si/c9-15(10,11-1-5-13-6-2-11)12-3-7-14-8-4-12/h1-8H2. The minimum atomic E-state index is -1.32. The molecule has 0 aliphatic carbocycles. The van der Waals surface area contributed by atoms with Crippen molar-refractivity contribution in [2.45, 2.75) is 0 Å². The fourth-order valence-electron chi connectivity index (χ4n) is 1.86. The second-order valence-corrected chi connectivity index (χ2v) is 23.7. The first-order chi connectivity index (χ1) is 7.21. The quantitative estimate of drug-likeness (QED) is 0.336. The van der Waals surface area contributed by atoms with E-state index in [1.807, 2.05) is 0 Å². The van der Waals surface area contributed by atoms with Gasteiger partial charge in [-0.15, -0.1) is 0 Å². The van der Waals surface area contributed by atoms with E-state index in [1.54, 1.807) is 0 Å². The maximum absolute atomic E-state index is 2.78. The second kappa shape index (κ2) is 6.46. The van der Waals surface area contributed by atoms with E-state index in [0.29, 0.717) is 0 Å². The van der Waals surface area contributed by atoms with E-state index >= 15 is 0 Å². The molecule has 2 saturated heterocycles. The molecule has 0 spiro atoms. The maximum atomic E-state index is 2.78. The average molecular weight is 486 g/mol. The van der Waals surface area contributed by atoms with Crippen molar-refractivity contribution in [3.05, 3.63) is 0 Å². The third-order valence-corrected chi connectivity index (χ3v) is 15.3. The van der Waals surface area contributed by atoms with Crippen molar-refractivity contribution >= 4 is 70.5 Å². The summed E-state index contributed by atoms with van der Waals surface area (Å²) in [4.78, 5) is 0. The molecule has 0 radical (unpaired) electrons. The Labute approximate surface area is 127 Å². The Morgan fingerprint density at radius 3 is 1.40 bits per heavy atom. The van der Waals surface area contributed by atoms with Gasteiger partial charge in [0.15, 0.2) is 0 Å². The summed E-state index contributed by atoms with van der Waals surface area (Å²) in [6.07, 6.45) is 0. The zero-order chi connectivity index (χ0) is 10.7. The molecule has 0 aromatic carbocycles. The molecule has 88 valence electrons. The number of nitrogens with zero attached hydrogens (tertiary/aromatic N) is 2. The smallest absolute Gasteiger partial charge is 0.294 e. The van der Waals surface area contributed by atoms with Gasteiger partial charge in [0.2, 0.25) is 0 Å². The predicted octanol–water partition coefficient (Wildman–Crippen LogP) is 2.39. The van der Waals surface area contributed by atoms with E-state index in [2.05, 4.69) is 76.2 Å². The lowest BCUT2D eigenvalue weighted by Gasteiger charge is -2.44. The lowest BCUT2D eigenvalue weighted by Crippen LogP contribution is -2.61. The SMILES string of the molecule is I[Si](I)(N1CCSCC1)N1CCSCC1. The molecule has 0 aromatic heterocycles. The zero-order valence-electron chi connectivity index (χ0n) is 8.62.